The minimum Gasteiger partial charge on any atom is -0.468 e. The van der Waals surface area contributed by atoms with Crippen LogP contribution in [-0.4, -0.2) is 57.3 Å². The van der Waals surface area contributed by atoms with Gasteiger partial charge in [-0.25, -0.2) is 4.99 Å². The average molecular weight is 476 g/mol. The summed E-state index contributed by atoms with van der Waals surface area (Å²) in [6.45, 7) is 7.89. The number of nitrogen functional groups attached to an aromatic ring is 1. The van der Waals surface area contributed by atoms with Gasteiger partial charge in [-0.1, -0.05) is 32.9 Å². The number of nitrogens with zero attached hydrogens (tertiary/aromatic N) is 4. The molecule has 4 N–H and O–H groups in total. The highest BCUT2D eigenvalue weighted by Gasteiger charge is 2.23. The van der Waals surface area contributed by atoms with Gasteiger partial charge in [-0.2, -0.15) is 4.99 Å². The summed E-state index contributed by atoms with van der Waals surface area (Å²) in [5, 5.41) is 11.1. The van der Waals surface area contributed by atoms with E-state index in [-0.39, 0.29) is 17.3 Å². The number of anilines is 1. The fraction of sp³-hybridized carbons (Fsp3) is 0.385. The number of aliphatic imine (C=N–C) groups is 3. The number of amidine groups is 3. The second-order valence-electron chi connectivity index (χ2n) is 9.78. The van der Waals surface area contributed by atoms with Gasteiger partial charge < -0.3 is 25.4 Å². The standard InChI is InChI=1S/C26H33N7O2/c1-26(2,3)20-7-6-16(23(27)28)14-21(20)35-25-31-9-8-22(32-25)34-19-13-17(24-29-10-11-30-24)12-18(15-19)33(4)5/h6-7,9,12-15,22H,8,10-11H2,1-5H3,(H3,27,28)(H,29,30). The fourth-order valence-electron chi connectivity index (χ4n) is 3.84. The Balaban J connectivity index is 1.59. The van der Waals surface area contributed by atoms with Crippen LogP contribution in [0.5, 0.6) is 11.5 Å². The van der Waals surface area contributed by atoms with Gasteiger partial charge in [0.05, 0.1) is 6.54 Å². The van der Waals surface area contributed by atoms with E-state index in [0.29, 0.717) is 23.5 Å². The van der Waals surface area contributed by atoms with Crippen molar-refractivity contribution in [3.8, 4) is 11.5 Å². The van der Waals surface area contributed by atoms with Gasteiger partial charge in [-0.3, -0.25) is 10.4 Å². The third-order valence-electron chi connectivity index (χ3n) is 5.69. The summed E-state index contributed by atoms with van der Waals surface area (Å²) in [5.41, 5.74) is 9.06. The van der Waals surface area contributed by atoms with E-state index in [1.807, 2.05) is 43.3 Å². The van der Waals surface area contributed by atoms with Crippen molar-refractivity contribution >= 4 is 29.6 Å². The largest absolute Gasteiger partial charge is 0.468 e. The molecule has 0 aromatic heterocycles. The van der Waals surface area contributed by atoms with Crippen LogP contribution in [0.2, 0.25) is 0 Å². The van der Waals surface area contributed by atoms with Crippen molar-refractivity contribution in [3.63, 3.8) is 0 Å². The molecule has 4 rings (SSSR count). The van der Waals surface area contributed by atoms with E-state index >= 15 is 0 Å². The van der Waals surface area contributed by atoms with E-state index in [9.17, 15) is 0 Å². The van der Waals surface area contributed by atoms with E-state index in [1.165, 1.54) is 0 Å². The van der Waals surface area contributed by atoms with Gasteiger partial charge in [0.15, 0.2) is 6.23 Å². The zero-order chi connectivity index (χ0) is 25.2. The van der Waals surface area contributed by atoms with Gasteiger partial charge in [0.2, 0.25) is 0 Å². The quantitative estimate of drug-likeness (QED) is 0.437. The Morgan fingerprint density at radius 2 is 1.97 bits per heavy atom. The van der Waals surface area contributed by atoms with Crippen LogP contribution in [0.3, 0.4) is 0 Å². The van der Waals surface area contributed by atoms with Crippen LogP contribution < -0.4 is 25.4 Å². The molecule has 0 bridgehead atoms. The lowest BCUT2D eigenvalue weighted by Crippen LogP contribution is -2.25. The second-order valence-corrected chi connectivity index (χ2v) is 9.78. The van der Waals surface area contributed by atoms with E-state index < -0.39 is 6.23 Å². The average Bonchev–Trinajstić information content (AvgIpc) is 3.33. The lowest BCUT2D eigenvalue weighted by Gasteiger charge is -2.24. The number of benzene rings is 2. The Hall–Kier alpha value is -3.88. The highest BCUT2D eigenvalue weighted by atomic mass is 16.5. The van der Waals surface area contributed by atoms with Crippen molar-refractivity contribution in [3.05, 3.63) is 53.1 Å². The van der Waals surface area contributed by atoms with Crippen molar-refractivity contribution in [2.45, 2.75) is 38.8 Å². The number of hydrogen-bond donors (Lipinski definition) is 3. The predicted molar refractivity (Wildman–Crippen MR) is 142 cm³/mol. The van der Waals surface area contributed by atoms with Gasteiger partial charge in [-0.15, -0.1) is 0 Å². The minimum absolute atomic E-state index is 0.0245. The number of rotatable bonds is 6. The molecule has 0 fully saturated rings. The molecule has 2 heterocycles. The van der Waals surface area contributed by atoms with Crippen molar-refractivity contribution in [1.29, 1.82) is 5.41 Å². The Kier molecular flexibility index (Phi) is 6.77. The monoisotopic (exact) mass is 475 g/mol. The summed E-state index contributed by atoms with van der Waals surface area (Å²) >= 11 is 0. The third kappa shape index (κ3) is 5.79. The smallest absolute Gasteiger partial charge is 0.320 e. The van der Waals surface area contributed by atoms with Crippen LogP contribution in [0.25, 0.3) is 0 Å². The Morgan fingerprint density at radius 3 is 2.63 bits per heavy atom. The van der Waals surface area contributed by atoms with Crippen LogP contribution in [0.1, 0.15) is 43.9 Å². The van der Waals surface area contributed by atoms with Crippen LogP contribution >= 0.6 is 0 Å². The molecule has 0 amide bonds. The summed E-state index contributed by atoms with van der Waals surface area (Å²) in [4.78, 5) is 15.5. The first-order valence-electron chi connectivity index (χ1n) is 11.6. The molecule has 9 heteroatoms. The highest BCUT2D eigenvalue weighted by molar-refractivity contribution is 6.01. The van der Waals surface area contributed by atoms with Crippen molar-refractivity contribution < 1.29 is 9.47 Å². The topological polar surface area (TPSA) is 121 Å². The first-order chi connectivity index (χ1) is 16.6. The van der Waals surface area contributed by atoms with Gasteiger partial charge in [0.25, 0.3) is 0 Å². The fourth-order valence-corrected chi connectivity index (χ4v) is 3.84. The van der Waals surface area contributed by atoms with Gasteiger partial charge in [0.1, 0.15) is 23.2 Å². The molecule has 0 saturated heterocycles. The Bertz CT molecular complexity index is 1210. The SMILES string of the molecule is CN(C)c1cc(OC2CC=NC(Oc3cc(C(=N)N)ccc3C(C)(C)C)=N2)cc(C2=NCCN2)c1. The van der Waals surface area contributed by atoms with Crippen molar-refractivity contribution in [2.75, 3.05) is 32.1 Å². The molecule has 2 aromatic rings. The van der Waals surface area contributed by atoms with Crippen LogP contribution in [0.4, 0.5) is 5.69 Å². The summed E-state index contributed by atoms with van der Waals surface area (Å²) in [6, 6.07) is 11.8. The molecule has 1 unspecified atom stereocenters. The highest BCUT2D eigenvalue weighted by Crippen LogP contribution is 2.33. The molecule has 1 atom stereocenters. The normalized spacial score (nSPS) is 17.3. The molecule has 0 saturated carbocycles. The number of hydrogen-bond acceptors (Lipinski definition) is 8. The minimum atomic E-state index is -0.486. The maximum Gasteiger partial charge on any atom is 0.320 e. The summed E-state index contributed by atoms with van der Waals surface area (Å²) in [7, 11) is 3.98. The first kappa shape index (κ1) is 24.3. The molecule has 2 aliphatic rings. The van der Waals surface area contributed by atoms with Crippen molar-refractivity contribution in [2.24, 2.45) is 20.7 Å². The van der Waals surface area contributed by atoms with E-state index in [2.05, 4.69) is 47.1 Å². The molecule has 0 aliphatic carbocycles. The Labute approximate surface area is 206 Å². The lowest BCUT2D eigenvalue weighted by atomic mass is 9.85. The zero-order valence-electron chi connectivity index (χ0n) is 20.9. The molecule has 2 aliphatic heterocycles. The number of nitrogens with one attached hydrogen (secondary N) is 2. The molecule has 184 valence electrons. The molecule has 9 nitrogen and oxygen atoms in total. The van der Waals surface area contributed by atoms with Crippen LogP contribution in [-0.2, 0) is 5.41 Å². The number of ether oxygens (including phenoxy) is 2. The maximum absolute atomic E-state index is 7.79. The predicted octanol–water partition coefficient (Wildman–Crippen LogP) is 3.30. The zero-order valence-corrected chi connectivity index (χ0v) is 20.9. The molecule has 2 aromatic carbocycles. The third-order valence-corrected chi connectivity index (χ3v) is 5.69. The summed E-state index contributed by atoms with van der Waals surface area (Å²) in [5.74, 6) is 2.11. The number of nitrogens with two attached hydrogens (primary N) is 1. The van der Waals surface area contributed by atoms with Crippen molar-refractivity contribution in [1.82, 2.24) is 5.32 Å². The van der Waals surface area contributed by atoms with Gasteiger partial charge >= 0.3 is 6.02 Å². The van der Waals surface area contributed by atoms with Gasteiger partial charge in [-0.05, 0) is 23.6 Å². The van der Waals surface area contributed by atoms with Gasteiger partial charge in [0, 0.05) is 61.7 Å². The van der Waals surface area contributed by atoms with Crippen LogP contribution in [0, 0.1) is 5.41 Å². The molecule has 35 heavy (non-hydrogen) atoms. The molecule has 0 radical (unpaired) electrons. The molecular formula is C26H33N7O2. The summed E-state index contributed by atoms with van der Waals surface area (Å²) in [6.07, 6.45) is 1.78. The summed E-state index contributed by atoms with van der Waals surface area (Å²) < 4.78 is 12.4. The first-order valence-corrected chi connectivity index (χ1v) is 11.6. The molecule has 0 spiro atoms. The maximum atomic E-state index is 7.79. The molecular weight excluding hydrogens is 442 g/mol. The van der Waals surface area contributed by atoms with E-state index in [4.69, 9.17) is 20.6 Å². The van der Waals surface area contributed by atoms with E-state index in [1.54, 1.807) is 12.3 Å². The lowest BCUT2D eigenvalue weighted by molar-refractivity contribution is 0.216. The van der Waals surface area contributed by atoms with Crippen LogP contribution in [0.15, 0.2) is 51.4 Å². The second kappa shape index (κ2) is 9.77. The van der Waals surface area contributed by atoms with E-state index in [0.717, 1.165) is 35.7 Å². The Morgan fingerprint density at radius 1 is 1.17 bits per heavy atom.